The van der Waals surface area contributed by atoms with Crippen LogP contribution >= 0.6 is 11.5 Å². The number of rotatable bonds is 5. The smallest absolute Gasteiger partial charge is 0.120 e. The lowest BCUT2D eigenvalue weighted by Gasteiger charge is -2.26. The lowest BCUT2D eigenvalue weighted by molar-refractivity contribution is 0.573. The minimum Gasteiger partial charge on any atom is -0.360 e. The van der Waals surface area contributed by atoms with E-state index in [1.807, 2.05) is 0 Å². The first-order valence-electron chi connectivity index (χ1n) is 7.73. The average molecular weight is 287 g/mol. The Hall–Kier alpha value is -1.13. The van der Waals surface area contributed by atoms with Gasteiger partial charge in [-0.3, -0.25) is 0 Å². The Morgan fingerprint density at radius 2 is 2.10 bits per heavy atom. The minimum atomic E-state index is 0.662. The van der Waals surface area contributed by atoms with Gasteiger partial charge in [0.15, 0.2) is 0 Å². The Bertz CT molecular complexity index is 584. The zero-order valence-corrected chi connectivity index (χ0v) is 12.5. The van der Waals surface area contributed by atoms with E-state index in [0.29, 0.717) is 6.04 Å². The molecular weight excluding hydrogens is 266 g/mol. The van der Waals surface area contributed by atoms with E-state index in [9.17, 15) is 0 Å². The summed E-state index contributed by atoms with van der Waals surface area (Å²) in [6.45, 7) is 3.54. The molecule has 1 aliphatic carbocycles. The molecule has 1 N–H and O–H groups in total. The molecule has 20 heavy (non-hydrogen) atoms. The normalized spacial score (nSPS) is 22.5. The molecule has 1 atom stereocenters. The quantitative estimate of drug-likeness (QED) is 0.915. The average Bonchev–Trinajstić information content (AvgIpc) is 2.99. The molecule has 0 spiro atoms. The van der Waals surface area contributed by atoms with Gasteiger partial charge in [0.05, 0.1) is 5.52 Å². The van der Waals surface area contributed by atoms with Crippen LogP contribution in [0.1, 0.15) is 25.7 Å². The largest absolute Gasteiger partial charge is 0.360 e. The zero-order valence-electron chi connectivity index (χ0n) is 11.7. The summed E-state index contributed by atoms with van der Waals surface area (Å²) in [5, 5.41) is 6.34. The maximum absolute atomic E-state index is 4.62. The summed E-state index contributed by atoms with van der Waals surface area (Å²) in [5.74, 6) is 0.914. The molecule has 1 unspecified atom stereocenters. The van der Waals surface area contributed by atoms with Gasteiger partial charge >= 0.3 is 0 Å². The van der Waals surface area contributed by atoms with Gasteiger partial charge in [0.1, 0.15) is 5.00 Å². The van der Waals surface area contributed by atoms with Gasteiger partial charge in [-0.15, -0.1) is 0 Å². The second kappa shape index (κ2) is 5.34. The van der Waals surface area contributed by atoms with Gasteiger partial charge < -0.3 is 10.2 Å². The van der Waals surface area contributed by atoms with Crippen LogP contribution in [0.5, 0.6) is 0 Å². The van der Waals surface area contributed by atoms with Crippen molar-refractivity contribution < 1.29 is 0 Å². The summed E-state index contributed by atoms with van der Waals surface area (Å²) in [4.78, 5) is 2.60. The van der Waals surface area contributed by atoms with Crippen molar-refractivity contribution in [2.75, 3.05) is 24.5 Å². The fraction of sp³-hybridized carbons (Fsp3) is 0.562. The molecule has 1 aliphatic heterocycles. The van der Waals surface area contributed by atoms with Crippen molar-refractivity contribution >= 4 is 27.4 Å². The molecule has 0 amide bonds. The van der Waals surface area contributed by atoms with Gasteiger partial charge in [-0.05, 0) is 61.8 Å². The molecule has 0 radical (unpaired) electrons. The monoisotopic (exact) mass is 287 g/mol. The second-order valence-corrected chi connectivity index (χ2v) is 6.90. The third-order valence-electron chi connectivity index (χ3n) is 4.43. The lowest BCUT2D eigenvalue weighted by Crippen LogP contribution is -2.38. The molecule has 0 bridgehead atoms. The van der Waals surface area contributed by atoms with Crippen LogP contribution in [-0.4, -0.2) is 30.0 Å². The van der Waals surface area contributed by atoms with E-state index in [1.54, 1.807) is 11.5 Å². The number of hydrogen-bond acceptors (Lipinski definition) is 4. The number of hydrogen-bond donors (Lipinski definition) is 1. The predicted molar refractivity (Wildman–Crippen MR) is 85.6 cm³/mol. The highest BCUT2D eigenvalue weighted by atomic mass is 32.1. The molecule has 3 nitrogen and oxygen atoms in total. The maximum Gasteiger partial charge on any atom is 0.120 e. The molecule has 2 fully saturated rings. The highest BCUT2D eigenvalue weighted by Crippen LogP contribution is 2.36. The second-order valence-electron chi connectivity index (χ2n) is 6.15. The number of benzene rings is 1. The lowest BCUT2D eigenvalue weighted by atomic mass is 10.2. The van der Waals surface area contributed by atoms with E-state index >= 15 is 0 Å². The van der Waals surface area contributed by atoms with Crippen LogP contribution < -0.4 is 10.2 Å². The van der Waals surface area contributed by atoms with E-state index < -0.39 is 0 Å². The Kier molecular flexibility index (Phi) is 3.36. The Balaban J connectivity index is 1.61. The first-order chi connectivity index (χ1) is 9.90. The van der Waals surface area contributed by atoms with Crippen LogP contribution in [0.3, 0.4) is 0 Å². The molecule has 4 heteroatoms. The molecule has 1 aromatic carbocycles. The van der Waals surface area contributed by atoms with Gasteiger partial charge in [-0.1, -0.05) is 12.1 Å². The van der Waals surface area contributed by atoms with Crippen molar-refractivity contribution in [2.45, 2.75) is 31.7 Å². The van der Waals surface area contributed by atoms with Crippen LogP contribution in [0, 0.1) is 5.92 Å². The van der Waals surface area contributed by atoms with Crippen molar-refractivity contribution in [3.05, 3.63) is 24.3 Å². The number of fused-ring (bicyclic) bond motifs is 1. The Morgan fingerprint density at radius 1 is 1.20 bits per heavy atom. The number of anilines is 1. The van der Waals surface area contributed by atoms with Gasteiger partial charge in [0.25, 0.3) is 0 Å². The first kappa shape index (κ1) is 12.6. The third kappa shape index (κ3) is 2.54. The standard InChI is InChI=1S/C16H21N3S/c1-2-6-15-14(5-1)16(20-18-15)19(10-12-7-8-12)11-13-4-3-9-17-13/h1-2,5-6,12-13,17H,3-4,7-11H2. The summed E-state index contributed by atoms with van der Waals surface area (Å²) in [6, 6.07) is 9.21. The number of aromatic nitrogens is 1. The summed E-state index contributed by atoms with van der Waals surface area (Å²) < 4.78 is 4.62. The summed E-state index contributed by atoms with van der Waals surface area (Å²) >= 11 is 1.67. The fourth-order valence-electron chi connectivity index (χ4n) is 3.13. The number of nitrogens with one attached hydrogen (secondary N) is 1. The molecule has 106 valence electrons. The van der Waals surface area contributed by atoms with Crippen LogP contribution in [0.2, 0.25) is 0 Å². The van der Waals surface area contributed by atoms with Gasteiger partial charge in [-0.25, -0.2) is 0 Å². The molecule has 2 heterocycles. The van der Waals surface area contributed by atoms with Gasteiger partial charge in [0, 0.05) is 24.5 Å². The molecule has 4 rings (SSSR count). The SMILES string of the molecule is c1ccc2c(N(CC3CC3)CC3CCCN3)snc2c1. The fourth-order valence-corrected chi connectivity index (χ4v) is 4.01. The van der Waals surface area contributed by atoms with E-state index in [1.165, 1.54) is 49.2 Å². The summed E-state index contributed by atoms with van der Waals surface area (Å²) in [6.07, 6.45) is 5.46. The van der Waals surface area contributed by atoms with Gasteiger partial charge in [-0.2, -0.15) is 4.37 Å². The van der Waals surface area contributed by atoms with E-state index in [2.05, 4.69) is 38.9 Å². The topological polar surface area (TPSA) is 28.2 Å². The minimum absolute atomic E-state index is 0.662. The maximum atomic E-state index is 4.62. The van der Waals surface area contributed by atoms with Crippen molar-refractivity contribution in [3.8, 4) is 0 Å². The van der Waals surface area contributed by atoms with Crippen molar-refractivity contribution in [1.82, 2.24) is 9.69 Å². The Labute approximate surface area is 124 Å². The van der Waals surface area contributed by atoms with E-state index in [0.717, 1.165) is 18.0 Å². The zero-order chi connectivity index (χ0) is 13.4. The summed E-state index contributed by atoms with van der Waals surface area (Å²) in [5.41, 5.74) is 1.15. The van der Waals surface area contributed by atoms with E-state index in [-0.39, 0.29) is 0 Å². The number of nitrogens with zero attached hydrogens (tertiary/aromatic N) is 2. The Morgan fingerprint density at radius 3 is 2.90 bits per heavy atom. The third-order valence-corrected chi connectivity index (χ3v) is 5.37. The molecule has 1 saturated carbocycles. The van der Waals surface area contributed by atoms with Crippen molar-refractivity contribution in [3.63, 3.8) is 0 Å². The molecule has 1 aromatic heterocycles. The van der Waals surface area contributed by atoms with Crippen molar-refractivity contribution in [2.24, 2.45) is 5.92 Å². The first-order valence-corrected chi connectivity index (χ1v) is 8.50. The molecule has 1 saturated heterocycles. The molecule has 2 aliphatic rings. The van der Waals surface area contributed by atoms with Crippen molar-refractivity contribution in [1.29, 1.82) is 0 Å². The predicted octanol–water partition coefficient (Wildman–Crippen LogP) is 3.26. The van der Waals surface area contributed by atoms with Crippen LogP contribution in [0.4, 0.5) is 5.00 Å². The van der Waals surface area contributed by atoms with Crippen LogP contribution in [0.15, 0.2) is 24.3 Å². The molecule has 2 aromatic rings. The van der Waals surface area contributed by atoms with Crippen LogP contribution in [0.25, 0.3) is 10.9 Å². The highest BCUT2D eigenvalue weighted by molar-refractivity contribution is 7.11. The van der Waals surface area contributed by atoms with Gasteiger partial charge in [0.2, 0.25) is 0 Å². The van der Waals surface area contributed by atoms with E-state index in [4.69, 9.17) is 0 Å². The van der Waals surface area contributed by atoms with Crippen LogP contribution in [-0.2, 0) is 0 Å². The highest BCUT2D eigenvalue weighted by Gasteiger charge is 2.28. The molecular formula is C16H21N3S. The summed E-state index contributed by atoms with van der Waals surface area (Å²) in [7, 11) is 0.